The molecule has 1 aromatic rings. The minimum Gasteiger partial charge on any atom is -0.867 e. The number of nitrogens with zero attached hydrogens (tertiary/aromatic N) is 2. The van der Waals surface area contributed by atoms with E-state index in [1.165, 1.54) is 6.07 Å². The molecule has 3 rings (SSSR count). The molecule has 0 spiro atoms. The fourth-order valence-electron chi connectivity index (χ4n) is 3.92. The fraction of sp³-hybridized carbons (Fsp3) is 0.500. The molecule has 2 aliphatic carbocycles. The second-order valence-corrected chi connectivity index (χ2v) is 7.59. The molecule has 24 heavy (non-hydrogen) atoms. The van der Waals surface area contributed by atoms with Gasteiger partial charge in [-0.1, -0.05) is 35.7 Å². The van der Waals surface area contributed by atoms with Crippen LogP contribution in [-0.2, 0) is 4.79 Å². The highest BCUT2D eigenvalue weighted by atomic mass is 79.9. The number of hydrazone groups is 1. The van der Waals surface area contributed by atoms with Gasteiger partial charge in [-0.05, 0) is 41.6 Å². The van der Waals surface area contributed by atoms with Gasteiger partial charge in [-0.3, -0.25) is 14.9 Å². The van der Waals surface area contributed by atoms with Gasteiger partial charge >= 0.3 is 0 Å². The van der Waals surface area contributed by atoms with Gasteiger partial charge < -0.3 is 5.11 Å². The topological polar surface area (TPSA) is 108 Å². The Morgan fingerprint density at radius 2 is 2.25 bits per heavy atom. The number of benzene rings is 1. The molecule has 3 atom stereocenters. The third-order valence-corrected chi connectivity index (χ3v) is 5.71. The van der Waals surface area contributed by atoms with Crippen molar-refractivity contribution in [3.05, 3.63) is 32.3 Å². The van der Waals surface area contributed by atoms with Gasteiger partial charge in [0.2, 0.25) is 5.91 Å². The van der Waals surface area contributed by atoms with Crippen LogP contribution in [0.3, 0.4) is 0 Å². The maximum Gasteiger partial charge on any atom is 0.263 e. The van der Waals surface area contributed by atoms with E-state index in [1.807, 2.05) is 0 Å². The monoisotopic (exact) mass is 394 g/mol. The van der Waals surface area contributed by atoms with E-state index in [4.69, 9.17) is 0 Å². The summed E-state index contributed by atoms with van der Waals surface area (Å²) in [5.41, 5.74) is 2.08. The molecule has 1 aromatic carbocycles. The van der Waals surface area contributed by atoms with Gasteiger partial charge in [0.25, 0.3) is 5.69 Å². The van der Waals surface area contributed by atoms with E-state index in [9.17, 15) is 20.0 Å². The third-order valence-electron chi connectivity index (χ3n) is 5.25. The van der Waals surface area contributed by atoms with Crippen LogP contribution in [0, 0.1) is 27.4 Å². The Balaban J connectivity index is 1.69. The largest absolute Gasteiger partial charge is 0.867 e. The van der Waals surface area contributed by atoms with E-state index in [1.54, 1.807) is 0 Å². The maximum absolute atomic E-state index is 12.3. The number of rotatable bonds is 4. The van der Waals surface area contributed by atoms with E-state index in [0.29, 0.717) is 10.4 Å². The first-order chi connectivity index (χ1) is 11.3. The lowest BCUT2D eigenvalue weighted by atomic mass is 9.90. The number of hydrogen-bond acceptors (Lipinski definition) is 5. The molecule has 1 N–H and O–H groups in total. The zero-order chi connectivity index (χ0) is 17.5. The number of nitro benzene ring substituents is 1. The molecule has 0 unspecified atom stereocenters. The van der Waals surface area contributed by atoms with Crippen LogP contribution in [0.5, 0.6) is 5.75 Å². The summed E-state index contributed by atoms with van der Waals surface area (Å²) in [6.45, 7) is 2.14. The van der Waals surface area contributed by atoms with Crippen LogP contribution in [0.15, 0.2) is 21.7 Å². The predicted octanol–water partition coefficient (Wildman–Crippen LogP) is 2.71. The smallest absolute Gasteiger partial charge is 0.263 e. The Hall–Kier alpha value is -1.96. The van der Waals surface area contributed by atoms with Crippen LogP contribution in [0.4, 0.5) is 5.69 Å². The minimum atomic E-state index is -0.737. The summed E-state index contributed by atoms with van der Waals surface area (Å²) in [6.07, 6.45) is 5.60. The second kappa shape index (κ2) is 6.16. The van der Waals surface area contributed by atoms with E-state index >= 15 is 0 Å². The van der Waals surface area contributed by atoms with Crippen LogP contribution in [0.1, 0.15) is 38.2 Å². The normalized spacial score (nSPS) is 28.4. The lowest BCUT2D eigenvalue weighted by Gasteiger charge is -2.15. The molecule has 0 heterocycles. The minimum absolute atomic E-state index is 0.0271. The number of nitrogens with one attached hydrogen (secondary N) is 1. The number of fused-ring (bicyclic) bond motifs is 1. The van der Waals surface area contributed by atoms with Crippen molar-refractivity contribution in [2.75, 3.05) is 0 Å². The summed E-state index contributed by atoms with van der Waals surface area (Å²) < 4.78 is 0.405. The zero-order valence-corrected chi connectivity index (χ0v) is 14.7. The molecule has 0 radical (unpaired) electrons. The van der Waals surface area contributed by atoms with Gasteiger partial charge in [0.15, 0.2) is 0 Å². The van der Waals surface area contributed by atoms with E-state index in [-0.39, 0.29) is 22.8 Å². The van der Waals surface area contributed by atoms with Crippen LogP contribution >= 0.6 is 15.9 Å². The van der Waals surface area contributed by atoms with Gasteiger partial charge in [-0.2, -0.15) is 5.10 Å². The second-order valence-electron chi connectivity index (χ2n) is 6.67. The van der Waals surface area contributed by atoms with E-state index in [0.717, 1.165) is 38.0 Å². The summed E-state index contributed by atoms with van der Waals surface area (Å²) in [6, 6.07) is 2.58. The van der Waals surface area contributed by atoms with Crippen molar-refractivity contribution in [3.63, 3.8) is 0 Å². The first kappa shape index (κ1) is 16.9. The standard InChI is InChI=1S/C16H18BrN3O4/c1-16-5-3-2-4-11(16)13(16)15(22)19-18-8-9-6-10(17)7-12(14(9)21)20(23)24/h6-8,11,13,21H,2-5H2,1H3,(H,19,22)/p-1/b18-8-/t11-,13+,16-/m0/s1. The van der Waals surface area contributed by atoms with Crippen molar-refractivity contribution >= 4 is 33.7 Å². The van der Waals surface area contributed by atoms with Gasteiger partial charge in [-0.25, -0.2) is 5.43 Å². The van der Waals surface area contributed by atoms with Crippen molar-refractivity contribution in [2.24, 2.45) is 22.4 Å². The summed E-state index contributed by atoms with van der Waals surface area (Å²) >= 11 is 3.13. The molecule has 2 fully saturated rings. The van der Waals surface area contributed by atoms with Gasteiger partial charge in [0, 0.05) is 16.5 Å². The molecular formula is C16H17BrN3O4-. The van der Waals surface area contributed by atoms with Crippen molar-refractivity contribution < 1.29 is 14.8 Å². The summed E-state index contributed by atoms with van der Waals surface area (Å²) in [7, 11) is 0. The number of carbonyl (C=O) groups excluding carboxylic acids is 1. The average Bonchev–Trinajstić information content (AvgIpc) is 3.15. The molecule has 1 amide bonds. The van der Waals surface area contributed by atoms with Crippen molar-refractivity contribution in [1.82, 2.24) is 5.43 Å². The molecule has 7 nitrogen and oxygen atoms in total. The molecule has 0 aromatic heterocycles. The Morgan fingerprint density at radius 1 is 1.50 bits per heavy atom. The molecular weight excluding hydrogens is 378 g/mol. The van der Waals surface area contributed by atoms with Crippen molar-refractivity contribution in [2.45, 2.75) is 32.6 Å². The molecule has 2 aliphatic rings. The first-order valence-electron chi connectivity index (χ1n) is 7.82. The summed E-state index contributed by atoms with van der Waals surface area (Å²) in [5.74, 6) is -0.477. The third kappa shape index (κ3) is 2.90. The lowest BCUT2D eigenvalue weighted by Crippen LogP contribution is -2.22. The Bertz CT molecular complexity index is 736. The highest BCUT2D eigenvalue weighted by molar-refractivity contribution is 9.10. The summed E-state index contributed by atoms with van der Waals surface area (Å²) in [4.78, 5) is 22.4. The number of halogens is 1. The zero-order valence-electron chi connectivity index (χ0n) is 13.1. The van der Waals surface area contributed by atoms with Crippen molar-refractivity contribution in [3.8, 4) is 5.75 Å². The van der Waals surface area contributed by atoms with Crippen LogP contribution < -0.4 is 10.5 Å². The van der Waals surface area contributed by atoms with Gasteiger partial charge in [0.1, 0.15) is 0 Å². The highest BCUT2D eigenvalue weighted by Crippen LogP contribution is 2.66. The molecule has 0 saturated heterocycles. The fourth-order valence-corrected chi connectivity index (χ4v) is 4.38. The Morgan fingerprint density at radius 3 is 2.88 bits per heavy atom. The Labute approximate surface area is 147 Å². The number of nitro groups is 1. The lowest BCUT2D eigenvalue weighted by molar-refractivity contribution is -0.398. The predicted molar refractivity (Wildman–Crippen MR) is 89.5 cm³/mol. The molecule has 8 heteroatoms. The van der Waals surface area contributed by atoms with E-state index in [2.05, 4.69) is 33.4 Å². The highest BCUT2D eigenvalue weighted by Gasteiger charge is 2.64. The molecule has 0 bridgehead atoms. The summed E-state index contributed by atoms with van der Waals surface area (Å²) in [5, 5.41) is 26.7. The van der Waals surface area contributed by atoms with Gasteiger partial charge in [0.05, 0.1) is 11.1 Å². The van der Waals surface area contributed by atoms with Crippen LogP contribution in [0.2, 0.25) is 0 Å². The van der Waals surface area contributed by atoms with Gasteiger partial charge in [-0.15, -0.1) is 0 Å². The van der Waals surface area contributed by atoms with Crippen LogP contribution in [-0.4, -0.2) is 17.0 Å². The first-order valence-corrected chi connectivity index (χ1v) is 8.62. The van der Waals surface area contributed by atoms with E-state index < -0.39 is 16.4 Å². The van der Waals surface area contributed by atoms with Crippen LogP contribution in [0.25, 0.3) is 0 Å². The number of carbonyl (C=O) groups is 1. The molecule has 2 saturated carbocycles. The van der Waals surface area contributed by atoms with Crippen molar-refractivity contribution in [1.29, 1.82) is 0 Å². The average molecular weight is 395 g/mol. The molecule has 0 aliphatic heterocycles. The SMILES string of the molecule is C[C@]12CCCC[C@H]1[C@@H]2C(=O)N/N=C\c1cc(Br)cc([N+](=O)[O-])c1[O-]. The maximum atomic E-state index is 12.3. The quantitative estimate of drug-likeness (QED) is 0.480. The Kier molecular flexibility index (Phi) is 4.33. The number of hydrogen-bond donors (Lipinski definition) is 1. The molecule has 128 valence electrons. The number of amides is 1.